The molecule has 3 N–H and O–H groups in total. The largest absolute Gasteiger partial charge is 0.394 e. The van der Waals surface area contributed by atoms with E-state index in [0.29, 0.717) is 6.42 Å². The number of carbonyl (C=O) groups excluding carboxylic acids is 1. The standard InChI is InChI=1S/C17H23NO3/c1-17(2)9-13(8-14(20)10-17)18-15(11-19)16(21)12-6-4-3-5-7-12/h3-8,15-16,18-19,21H,9-11H2,1-2H3/t15-,16+/m0/s1. The Morgan fingerprint density at radius 1 is 1.24 bits per heavy atom. The summed E-state index contributed by atoms with van der Waals surface area (Å²) in [5, 5.41) is 23.1. The predicted octanol–water partition coefficient (Wildman–Crippen LogP) is 1.94. The van der Waals surface area contributed by atoms with Crippen molar-refractivity contribution in [3.8, 4) is 0 Å². The fourth-order valence-corrected chi connectivity index (χ4v) is 2.78. The molecule has 1 aromatic carbocycles. The van der Waals surface area contributed by atoms with Gasteiger partial charge in [0.05, 0.1) is 12.6 Å². The van der Waals surface area contributed by atoms with Crippen molar-refractivity contribution in [1.82, 2.24) is 5.32 Å². The van der Waals surface area contributed by atoms with Crippen LogP contribution in [0.2, 0.25) is 0 Å². The van der Waals surface area contributed by atoms with Crippen LogP contribution in [0.25, 0.3) is 0 Å². The number of aliphatic hydroxyl groups excluding tert-OH is 2. The van der Waals surface area contributed by atoms with Crippen molar-refractivity contribution in [2.24, 2.45) is 5.41 Å². The van der Waals surface area contributed by atoms with Crippen LogP contribution < -0.4 is 5.32 Å². The number of benzene rings is 1. The summed E-state index contributed by atoms with van der Waals surface area (Å²) >= 11 is 0. The third-order valence-corrected chi connectivity index (χ3v) is 3.75. The van der Waals surface area contributed by atoms with Gasteiger partial charge in [-0.3, -0.25) is 4.79 Å². The highest BCUT2D eigenvalue weighted by atomic mass is 16.3. The smallest absolute Gasteiger partial charge is 0.157 e. The quantitative estimate of drug-likeness (QED) is 0.775. The maximum Gasteiger partial charge on any atom is 0.157 e. The minimum atomic E-state index is -0.822. The lowest BCUT2D eigenvalue weighted by Gasteiger charge is -2.32. The SMILES string of the molecule is CC1(C)CC(=O)C=C(N[C@@H](CO)[C@H](O)c2ccccc2)C1. The Balaban J connectivity index is 2.11. The molecule has 0 spiro atoms. The van der Waals surface area contributed by atoms with E-state index in [-0.39, 0.29) is 17.8 Å². The van der Waals surface area contributed by atoms with E-state index < -0.39 is 12.1 Å². The summed E-state index contributed by atoms with van der Waals surface area (Å²) in [5.41, 5.74) is 1.43. The Labute approximate surface area is 125 Å². The molecule has 114 valence electrons. The molecule has 0 aliphatic heterocycles. The topological polar surface area (TPSA) is 69.6 Å². The first-order chi connectivity index (χ1) is 9.91. The molecule has 0 aromatic heterocycles. The fraction of sp³-hybridized carbons (Fsp3) is 0.471. The molecule has 0 radical (unpaired) electrons. The minimum Gasteiger partial charge on any atom is -0.394 e. The lowest BCUT2D eigenvalue weighted by atomic mass is 9.78. The van der Waals surface area contributed by atoms with E-state index in [1.54, 1.807) is 6.08 Å². The average molecular weight is 289 g/mol. The van der Waals surface area contributed by atoms with Gasteiger partial charge in [-0.05, 0) is 17.4 Å². The zero-order chi connectivity index (χ0) is 15.5. The summed E-state index contributed by atoms with van der Waals surface area (Å²) < 4.78 is 0. The lowest BCUT2D eigenvalue weighted by Crippen LogP contribution is -2.40. The highest BCUT2D eigenvalue weighted by molar-refractivity contribution is 5.91. The van der Waals surface area contributed by atoms with E-state index in [2.05, 4.69) is 5.32 Å². The third-order valence-electron chi connectivity index (χ3n) is 3.75. The monoisotopic (exact) mass is 289 g/mol. The molecule has 0 bridgehead atoms. The zero-order valence-corrected chi connectivity index (χ0v) is 12.5. The van der Waals surface area contributed by atoms with Gasteiger partial charge in [-0.1, -0.05) is 44.2 Å². The van der Waals surface area contributed by atoms with Crippen LogP contribution in [0.1, 0.15) is 38.4 Å². The fourth-order valence-electron chi connectivity index (χ4n) is 2.78. The van der Waals surface area contributed by atoms with Gasteiger partial charge in [0.15, 0.2) is 5.78 Å². The normalized spacial score (nSPS) is 20.6. The number of rotatable bonds is 5. The van der Waals surface area contributed by atoms with Gasteiger partial charge in [-0.15, -0.1) is 0 Å². The van der Waals surface area contributed by atoms with Gasteiger partial charge >= 0.3 is 0 Å². The average Bonchev–Trinajstić information content (AvgIpc) is 2.43. The van der Waals surface area contributed by atoms with E-state index in [9.17, 15) is 15.0 Å². The zero-order valence-electron chi connectivity index (χ0n) is 12.5. The molecule has 2 rings (SSSR count). The number of nitrogens with one attached hydrogen (secondary N) is 1. The summed E-state index contributed by atoms with van der Waals surface area (Å²) in [7, 11) is 0. The first-order valence-electron chi connectivity index (χ1n) is 7.25. The van der Waals surface area contributed by atoms with E-state index in [1.807, 2.05) is 44.2 Å². The number of hydrogen-bond acceptors (Lipinski definition) is 4. The Kier molecular flexibility index (Phi) is 4.80. The number of carbonyl (C=O) groups is 1. The number of ketones is 1. The van der Waals surface area contributed by atoms with Gasteiger partial charge in [0.2, 0.25) is 0 Å². The molecule has 0 saturated carbocycles. The Morgan fingerprint density at radius 2 is 1.90 bits per heavy atom. The summed E-state index contributed by atoms with van der Waals surface area (Å²) in [6.07, 6.45) is 2.03. The Bertz CT molecular complexity index is 522. The van der Waals surface area contributed by atoms with Crippen molar-refractivity contribution in [3.63, 3.8) is 0 Å². The lowest BCUT2D eigenvalue weighted by molar-refractivity contribution is -0.117. The Morgan fingerprint density at radius 3 is 2.48 bits per heavy atom. The van der Waals surface area contributed by atoms with E-state index in [4.69, 9.17) is 0 Å². The van der Waals surface area contributed by atoms with Crippen molar-refractivity contribution in [2.75, 3.05) is 6.61 Å². The third kappa shape index (κ3) is 4.16. The van der Waals surface area contributed by atoms with Crippen LogP contribution >= 0.6 is 0 Å². The maximum atomic E-state index is 11.8. The molecule has 0 fully saturated rings. The van der Waals surface area contributed by atoms with Crippen molar-refractivity contribution in [1.29, 1.82) is 0 Å². The second kappa shape index (κ2) is 6.41. The molecule has 0 heterocycles. The van der Waals surface area contributed by atoms with Crippen LogP contribution in [0.3, 0.4) is 0 Å². The highest BCUT2D eigenvalue weighted by Crippen LogP contribution is 2.33. The molecule has 2 atom stereocenters. The summed E-state index contributed by atoms with van der Waals surface area (Å²) in [4.78, 5) is 11.8. The maximum absolute atomic E-state index is 11.8. The predicted molar refractivity (Wildman–Crippen MR) is 81.5 cm³/mol. The van der Waals surface area contributed by atoms with E-state index in [0.717, 1.165) is 17.7 Å². The summed E-state index contributed by atoms with van der Waals surface area (Å²) in [6, 6.07) is 8.68. The van der Waals surface area contributed by atoms with E-state index in [1.165, 1.54) is 0 Å². The molecular weight excluding hydrogens is 266 g/mol. The molecule has 0 saturated heterocycles. The summed E-state index contributed by atoms with van der Waals surface area (Å²) in [5.74, 6) is 0.0830. The van der Waals surface area contributed by atoms with Crippen molar-refractivity contribution in [3.05, 3.63) is 47.7 Å². The molecule has 0 amide bonds. The number of hydrogen-bond donors (Lipinski definition) is 3. The molecule has 1 aliphatic carbocycles. The van der Waals surface area contributed by atoms with Gasteiger partial charge in [0.1, 0.15) is 6.10 Å². The van der Waals surface area contributed by atoms with Crippen molar-refractivity contribution in [2.45, 2.75) is 38.8 Å². The van der Waals surface area contributed by atoms with Gasteiger partial charge < -0.3 is 15.5 Å². The number of allylic oxidation sites excluding steroid dienone is 2. The van der Waals surface area contributed by atoms with Gasteiger partial charge in [0.25, 0.3) is 0 Å². The van der Waals surface area contributed by atoms with Crippen LogP contribution in [0.4, 0.5) is 0 Å². The molecular formula is C17H23NO3. The molecule has 21 heavy (non-hydrogen) atoms. The van der Waals surface area contributed by atoms with E-state index >= 15 is 0 Å². The first kappa shape index (κ1) is 15.7. The highest BCUT2D eigenvalue weighted by Gasteiger charge is 2.29. The van der Waals surface area contributed by atoms with Crippen LogP contribution in [-0.2, 0) is 4.79 Å². The molecule has 4 heteroatoms. The molecule has 4 nitrogen and oxygen atoms in total. The first-order valence-corrected chi connectivity index (χ1v) is 7.25. The second-order valence-corrected chi connectivity index (χ2v) is 6.44. The molecule has 1 aromatic rings. The molecule has 0 unspecified atom stereocenters. The van der Waals surface area contributed by atoms with Crippen LogP contribution in [0, 0.1) is 5.41 Å². The summed E-state index contributed by atoms with van der Waals surface area (Å²) in [6.45, 7) is 3.88. The van der Waals surface area contributed by atoms with Crippen LogP contribution in [0.15, 0.2) is 42.1 Å². The van der Waals surface area contributed by atoms with Gasteiger partial charge in [0, 0.05) is 18.2 Å². The van der Waals surface area contributed by atoms with Crippen LogP contribution in [0.5, 0.6) is 0 Å². The van der Waals surface area contributed by atoms with Gasteiger partial charge in [-0.2, -0.15) is 0 Å². The van der Waals surface area contributed by atoms with Crippen molar-refractivity contribution < 1.29 is 15.0 Å². The van der Waals surface area contributed by atoms with Gasteiger partial charge in [-0.25, -0.2) is 0 Å². The number of aliphatic hydroxyl groups is 2. The molecule has 1 aliphatic rings. The Hall–Kier alpha value is -1.65. The van der Waals surface area contributed by atoms with Crippen molar-refractivity contribution >= 4 is 5.78 Å². The minimum absolute atomic E-state index is 0.0830. The van der Waals surface area contributed by atoms with Crippen LogP contribution in [-0.4, -0.2) is 28.6 Å². The second-order valence-electron chi connectivity index (χ2n) is 6.44.